The fourth-order valence-electron chi connectivity index (χ4n) is 7.28. The van der Waals surface area contributed by atoms with E-state index in [4.69, 9.17) is 0 Å². The predicted molar refractivity (Wildman–Crippen MR) is 155 cm³/mol. The summed E-state index contributed by atoms with van der Waals surface area (Å²) in [6.07, 6.45) is 0.731. The molecule has 3 atom stereocenters. The highest BCUT2D eigenvalue weighted by molar-refractivity contribution is 6.29. The topological polar surface area (TPSA) is 17.1 Å². The number of ketones is 1. The monoisotopic (exact) mass is 488 g/mol. The number of fused-ring (bicyclic) bond motifs is 2. The Morgan fingerprint density at radius 2 is 0.895 bits per heavy atom. The van der Waals surface area contributed by atoms with Crippen LogP contribution in [0, 0.1) is 0 Å². The summed E-state index contributed by atoms with van der Waals surface area (Å²) in [6.45, 7) is 0. The molecule has 1 saturated carbocycles. The second-order valence-electron chi connectivity index (χ2n) is 10.4. The molecule has 38 heavy (non-hydrogen) atoms. The first kappa shape index (κ1) is 22.7. The number of hydrogen-bond acceptors (Lipinski definition) is 1. The van der Waals surface area contributed by atoms with Crippen molar-refractivity contribution in [1.82, 2.24) is 0 Å². The minimum Gasteiger partial charge on any atom is -0.297 e. The Balaban J connectivity index is 1.68. The van der Waals surface area contributed by atoms with Gasteiger partial charge >= 0.3 is 0 Å². The van der Waals surface area contributed by atoms with Crippen LogP contribution in [0.1, 0.15) is 40.2 Å². The van der Waals surface area contributed by atoms with E-state index in [-0.39, 0.29) is 11.7 Å². The van der Waals surface area contributed by atoms with Crippen LogP contribution >= 0.6 is 0 Å². The number of carbonyl (C=O) groups is 1. The van der Waals surface area contributed by atoms with Gasteiger partial charge in [-0.3, -0.25) is 4.79 Å². The number of rotatable bonds is 5. The zero-order valence-corrected chi connectivity index (χ0v) is 21.1. The van der Waals surface area contributed by atoms with Gasteiger partial charge < -0.3 is 0 Å². The lowest BCUT2D eigenvalue weighted by Gasteiger charge is -2.39. The van der Waals surface area contributed by atoms with E-state index >= 15 is 4.79 Å². The molecule has 0 heterocycles. The predicted octanol–water partition coefficient (Wildman–Crippen LogP) is 8.24. The van der Waals surface area contributed by atoms with Crippen LogP contribution in [0.5, 0.6) is 0 Å². The van der Waals surface area contributed by atoms with Gasteiger partial charge in [-0.2, -0.15) is 0 Å². The van der Waals surface area contributed by atoms with Gasteiger partial charge in [0, 0.05) is 5.92 Å². The maximum absolute atomic E-state index is 15.5. The molecule has 2 aliphatic carbocycles. The average molecular weight is 489 g/mol. The maximum Gasteiger partial charge on any atom is 0.163 e. The fourth-order valence-corrected chi connectivity index (χ4v) is 7.28. The van der Waals surface area contributed by atoms with E-state index in [9.17, 15) is 0 Å². The summed E-state index contributed by atoms with van der Waals surface area (Å²) in [5.41, 5.74) is 6.31. The van der Waals surface area contributed by atoms with Crippen LogP contribution in [-0.2, 0) is 15.6 Å². The van der Waals surface area contributed by atoms with Crippen LogP contribution < -0.4 is 0 Å². The molecule has 5 aromatic carbocycles. The van der Waals surface area contributed by atoms with Crippen LogP contribution in [-0.4, -0.2) is 5.78 Å². The molecule has 0 N–H and O–H groups in total. The van der Waals surface area contributed by atoms with Gasteiger partial charge in [0.15, 0.2) is 5.78 Å². The minimum absolute atomic E-state index is 0.00137. The number of benzene rings is 5. The minimum atomic E-state index is -0.815. The lowest BCUT2D eigenvalue weighted by Crippen LogP contribution is -2.38. The molecule has 182 valence electrons. The van der Waals surface area contributed by atoms with Gasteiger partial charge in [0.2, 0.25) is 0 Å². The lowest BCUT2D eigenvalue weighted by atomic mass is 9.61. The second-order valence-corrected chi connectivity index (χ2v) is 10.4. The number of allylic oxidation sites excluding steroid dienone is 2. The summed E-state index contributed by atoms with van der Waals surface area (Å²) in [7, 11) is 0. The van der Waals surface area contributed by atoms with E-state index < -0.39 is 10.8 Å². The van der Waals surface area contributed by atoms with Crippen LogP contribution in [0.25, 0.3) is 11.1 Å². The Labute approximate surface area is 224 Å². The van der Waals surface area contributed by atoms with Gasteiger partial charge in [0.1, 0.15) is 0 Å². The highest BCUT2D eigenvalue weighted by atomic mass is 16.1. The highest BCUT2D eigenvalue weighted by Gasteiger charge is 2.72. The summed E-state index contributed by atoms with van der Waals surface area (Å²) in [5, 5.41) is 0. The molecular formula is C37H28O. The summed E-state index contributed by atoms with van der Waals surface area (Å²) >= 11 is 0. The molecule has 1 heteroatoms. The molecule has 0 spiro atoms. The Kier molecular flexibility index (Phi) is 5.26. The normalized spacial score (nSPS) is 24.1. The molecule has 5 aromatic rings. The first-order valence-corrected chi connectivity index (χ1v) is 13.3. The quantitative estimate of drug-likeness (QED) is 0.243. The fraction of sp³-hybridized carbons (Fsp3) is 0.108. The first-order valence-electron chi connectivity index (χ1n) is 13.3. The van der Waals surface area contributed by atoms with Crippen molar-refractivity contribution in [2.75, 3.05) is 0 Å². The van der Waals surface area contributed by atoms with Crippen molar-refractivity contribution in [2.24, 2.45) is 0 Å². The van der Waals surface area contributed by atoms with E-state index in [1.54, 1.807) is 0 Å². The molecule has 0 unspecified atom stereocenters. The maximum atomic E-state index is 15.5. The van der Waals surface area contributed by atoms with E-state index in [1.165, 1.54) is 5.56 Å². The number of carbonyl (C=O) groups excluding carboxylic acids is 1. The van der Waals surface area contributed by atoms with Gasteiger partial charge in [-0.05, 0) is 45.4 Å². The van der Waals surface area contributed by atoms with Crippen LogP contribution in [0.15, 0.2) is 152 Å². The van der Waals surface area contributed by atoms with Gasteiger partial charge in [-0.25, -0.2) is 0 Å². The number of Topliss-reactive ketones (excluding diaryl/α,β-unsaturated/α-hetero) is 1. The molecule has 0 amide bonds. The molecule has 0 aromatic heterocycles. The van der Waals surface area contributed by atoms with E-state index in [2.05, 4.69) is 140 Å². The SMILES string of the molecule is O=C1[C@]2(c3ccccc3)C[C@@H](c3ccccc3)[C@@]1(c1ccccc1)C(c1ccccc1)=C2c1ccccc1. The van der Waals surface area contributed by atoms with Crippen molar-refractivity contribution in [3.05, 3.63) is 179 Å². The van der Waals surface area contributed by atoms with Crippen LogP contribution in [0.2, 0.25) is 0 Å². The Hall–Kier alpha value is -4.49. The third-order valence-corrected chi connectivity index (χ3v) is 8.67. The second kappa shape index (κ2) is 8.82. The van der Waals surface area contributed by atoms with Crippen LogP contribution in [0.3, 0.4) is 0 Å². The van der Waals surface area contributed by atoms with Gasteiger partial charge in [0.05, 0.1) is 10.8 Å². The Bertz CT molecular complexity index is 1620. The van der Waals surface area contributed by atoms with E-state index in [1.807, 2.05) is 12.1 Å². The molecule has 7 rings (SSSR count). The molecule has 2 aliphatic rings. The highest BCUT2D eigenvalue weighted by Crippen LogP contribution is 2.72. The Morgan fingerprint density at radius 3 is 1.42 bits per heavy atom. The van der Waals surface area contributed by atoms with E-state index in [0.717, 1.165) is 39.8 Å². The van der Waals surface area contributed by atoms with Gasteiger partial charge in [0.25, 0.3) is 0 Å². The molecular weight excluding hydrogens is 460 g/mol. The summed E-state index contributed by atoms with van der Waals surface area (Å²) < 4.78 is 0. The van der Waals surface area contributed by atoms with Crippen molar-refractivity contribution in [3.8, 4) is 0 Å². The van der Waals surface area contributed by atoms with Crippen molar-refractivity contribution in [3.63, 3.8) is 0 Å². The summed E-state index contributed by atoms with van der Waals surface area (Å²) in [6, 6.07) is 52.8. The first-order chi connectivity index (χ1) is 18.8. The zero-order chi connectivity index (χ0) is 25.6. The van der Waals surface area contributed by atoms with Crippen molar-refractivity contribution < 1.29 is 4.79 Å². The molecule has 0 aliphatic heterocycles. The van der Waals surface area contributed by atoms with Crippen LogP contribution in [0.4, 0.5) is 0 Å². The van der Waals surface area contributed by atoms with Gasteiger partial charge in [-0.1, -0.05) is 152 Å². The van der Waals surface area contributed by atoms with E-state index in [0.29, 0.717) is 0 Å². The summed E-state index contributed by atoms with van der Waals surface area (Å²) in [4.78, 5) is 15.5. The molecule has 0 saturated heterocycles. The van der Waals surface area contributed by atoms with Crippen molar-refractivity contribution >= 4 is 16.9 Å². The summed E-state index contributed by atoms with van der Waals surface area (Å²) in [5.74, 6) is 0.287. The van der Waals surface area contributed by atoms with Crippen molar-refractivity contribution in [2.45, 2.75) is 23.2 Å². The third-order valence-electron chi connectivity index (χ3n) is 8.67. The smallest absolute Gasteiger partial charge is 0.163 e. The van der Waals surface area contributed by atoms with Gasteiger partial charge in [-0.15, -0.1) is 0 Å². The molecule has 1 nitrogen and oxygen atoms in total. The third kappa shape index (κ3) is 3.02. The largest absolute Gasteiger partial charge is 0.297 e. The molecule has 0 radical (unpaired) electrons. The Morgan fingerprint density at radius 1 is 0.474 bits per heavy atom. The lowest BCUT2D eigenvalue weighted by molar-refractivity contribution is -0.123. The molecule has 1 fully saturated rings. The standard InChI is InChI=1S/C37H28O/c38-35-36(30-22-12-4-13-23-30)26-32(27-16-6-1-7-17-27)37(35,31-24-14-5-15-25-31)34(29-20-10-3-11-21-29)33(36)28-18-8-2-9-19-28/h1-25,32H,26H2/t32-,36-,37-/m0/s1. The molecule has 2 bridgehead atoms. The van der Waals surface area contributed by atoms with Crippen molar-refractivity contribution in [1.29, 1.82) is 0 Å². The average Bonchev–Trinajstić information content (AvgIpc) is 3.41. The number of hydrogen-bond donors (Lipinski definition) is 0. The zero-order valence-electron chi connectivity index (χ0n) is 21.1.